The van der Waals surface area contributed by atoms with Crippen molar-refractivity contribution in [3.05, 3.63) is 35.9 Å². The smallest absolute Gasteiger partial charge is 0.325 e. The van der Waals surface area contributed by atoms with Gasteiger partial charge in [-0.1, -0.05) is 51.1 Å². The number of ether oxygens (including phenoxy) is 1. The van der Waals surface area contributed by atoms with E-state index in [1.165, 1.54) is 12.0 Å². The summed E-state index contributed by atoms with van der Waals surface area (Å²) in [6.07, 6.45) is 0. The van der Waals surface area contributed by atoms with Gasteiger partial charge < -0.3 is 15.4 Å². The van der Waals surface area contributed by atoms with E-state index in [1.807, 2.05) is 51.1 Å². The summed E-state index contributed by atoms with van der Waals surface area (Å²) < 4.78 is 4.66. The van der Waals surface area contributed by atoms with Gasteiger partial charge in [0.25, 0.3) is 0 Å². The number of rotatable bonds is 5. The maximum absolute atomic E-state index is 12.5. The van der Waals surface area contributed by atoms with E-state index in [9.17, 15) is 9.59 Å². The number of amides is 1. The fourth-order valence-electron chi connectivity index (χ4n) is 1.80. The van der Waals surface area contributed by atoms with Gasteiger partial charge in [-0.15, -0.1) is 0 Å². The van der Waals surface area contributed by atoms with Crippen molar-refractivity contribution in [1.29, 1.82) is 0 Å². The number of hydrogen-bond donors (Lipinski definition) is 1. The molecule has 0 radical (unpaired) electrons. The number of nitrogens with two attached hydrogens (primary N) is 1. The van der Waals surface area contributed by atoms with E-state index in [-0.39, 0.29) is 17.9 Å². The Balaban J connectivity index is 2.91. The van der Waals surface area contributed by atoms with Crippen molar-refractivity contribution < 1.29 is 14.3 Å². The first kappa shape index (κ1) is 17.2. The van der Waals surface area contributed by atoms with Crippen molar-refractivity contribution in [2.45, 2.75) is 33.4 Å². The summed E-state index contributed by atoms with van der Waals surface area (Å²) in [5.41, 5.74) is 6.59. The standard InChI is InChI=1S/C16H24N2O3/c1-16(2,3)14(17)15(20)18(11-13(19)21-4)10-12-8-6-5-7-9-12/h5-9,14H,10-11,17H2,1-4H3. The van der Waals surface area contributed by atoms with Crippen LogP contribution in [-0.4, -0.2) is 36.5 Å². The summed E-state index contributed by atoms with van der Waals surface area (Å²) >= 11 is 0. The molecule has 5 nitrogen and oxygen atoms in total. The van der Waals surface area contributed by atoms with E-state index >= 15 is 0 Å². The van der Waals surface area contributed by atoms with Crippen LogP contribution < -0.4 is 5.73 Å². The zero-order chi connectivity index (χ0) is 16.0. The monoisotopic (exact) mass is 292 g/mol. The van der Waals surface area contributed by atoms with Gasteiger partial charge in [0.05, 0.1) is 13.2 Å². The molecule has 0 heterocycles. The number of carbonyl (C=O) groups excluding carboxylic acids is 2. The van der Waals surface area contributed by atoms with Crippen LogP contribution >= 0.6 is 0 Å². The van der Waals surface area contributed by atoms with Gasteiger partial charge in [0.15, 0.2) is 0 Å². The third-order valence-electron chi connectivity index (χ3n) is 3.27. The average molecular weight is 292 g/mol. The molecule has 0 fully saturated rings. The quantitative estimate of drug-likeness (QED) is 0.836. The second-order valence-corrected chi connectivity index (χ2v) is 6.10. The fraction of sp³-hybridized carbons (Fsp3) is 0.500. The highest BCUT2D eigenvalue weighted by Crippen LogP contribution is 2.20. The molecular weight excluding hydrogens is 268 g/mol. The molecule has 1 aromatic rings. The highest BCUT2D eigenvalue weighted by molar-refractivity contribution is 5.86. The second-order valence-electron chi connectivity index (χ2n) is 6.10. The Morgan fingerprint density at radius 1 is 1.24 bits per heavy atom. The normalized spacial score (nSPS) is 12.6. The number of nitrogens with zero attached hydrogens (tertiary/aromatic N) is 1. The highest BCUT2D eigenvalue weighted by Gasteiger charge is 2.32. The van der Waals surface area contributed by atoms with Gasteiger partial charge in [0.2, 0.25) is 5.91 Å². The van der Waals surface area contributed by atoms with Crippen LogP contribution in [0, 0.1) is 5.41 Å². The Hall–Kier alpha value is -1.88. The molecule has 116 valence electrons. The molecule has 1 amide bonds. The average Bonchev–Trinajstić information content (AvgIpc) is 2.45. The SMILES string of the molecule is COC(=O)CN(Cc1ccccc1)C(=O)C(N)C(C)(C)C. The summed E-state index contributed by atoms with van der Waals surface area (Å²) in [5.74, 6) is -0.711. The highest BCUT2D eigenvalue weighted by atomic mass is 16.5. The van der Waals surface area contributed by atoms with Gasteiger partial charge in [-0.05, 0) is 11.0 Å². The molecule has 0 aliphatic rings. The Bertz CT molecular complexity index is 480. The van der Waals surface area contributed by atoms with Gasteiger partial charge in [-0.25, -0.2) is 0 Å². The van der Waals surface area contributed by atoms with Gasteiger partial charge >= 0.3 is 5.97 Å². The zero-order valence-corrected chi connectivity index (χ0v) is 13.1. The summed E-state index contributed by atoms with van der Waals surface area (Å²) in [6, 6.07) is 8.81. The lowest BCUT2D eigenvalue weighted by Gasteiger charge is -2.31. The molecule has 0 aromatic heterocycles. The Labute approximate surface area is 126 Å². The van der Waals surface area contributed by atoms with Crippen molar-refractivity contribution in [2.75, 3.05) is 13.7 Å². The number of hydrogen-bond acceptors (Lipinski definition) is 4. The number of benzene rings is 1. The Kier molecular flexibility index (Phi) is 5.90. The number of methoxy groups -OCH3 is 1. The summed E-state index contributed by atoms with van der Waals surface area (Å²) in [6.45, 7) is 5.92. The first-order valence-corrected chi connectivity index (χ1v) is 6.91. The van der Waals surface area contributed by atoms with Gasteiger partial charge in [0.1, 0.15) is 6.54 Å². The number of esters is 1. The molecule has 1 aromatic carbocycles. The largest absolute Gasteiger partial charge is 0.468 e. The van der Waals surface area contributed by atoms with Crippen molar-refractivity contribution in [2.24, 2.45) is 11.1 Å². The number of carbonyl (C=O) groups is 2. The molecule has 2 N–H and O–H groups in total. The third-order valence-corrected chi connectivity index (χ3v) is 3.27. The van der Waals surface area contributed by atoms with E-state index in [0.29, 0.717) is 6.54 Å². The van der Waals surface area contributed by atoms with E-state index in [0.717, 1.165) is 5.56 Å². The molecule has 1 rings (SSSR count). The van der Waals surface area contributed by atoms with Crippen LogP contribution in [0.25, 0.3) is 0 Å². The van der Waals surface area contributed by atoms with E-state index < -0.39 is 12.0 Å². The van der Waals surface area contributed by atoms with Crippen molar-refractivity contribution in [3.63, 3.8) is 0 Å². The van der Waals surface area contributed by atoms with E-state index in [1.54, 1.807) is 0 Å². The molecule has 0 bridgehead atoms. The first-order valence-electron chi connectivity index (χ1n) is 6.91. The van der Waals surface area contributed by atoms with Crippen molar-refractivity contribution in [3.8, 4) is 0 Å². The lowest BCUT2D eigenvalue weighted by molar-refractivity contribution is -0.148. The topological polar surface area (TPSA) is 72.6 Å². The Morgan fingerprint density at radius 3 is 2.29 bits per heavy atom. The van der Waals surface area contributed by atoms with Gasteiger partial charge in [-0.2, -0.15) is 0 Å². The van der Waals surface area contributed by atoms with Crippen LogP contribution in [0.15, 0.2) is 30.3 Å². The van der Waals surface area contributed by atoms with Crippen LogP contribution in [-0.2, 0) is 20.9 Å². The second kappa shape index (κ2) is 7.22. The maximum Gasteiger partial charge on any atom is 0.325 e. The molecule has 0 saturated heterocycles. The zero-order valence-electron chi connectivity index (χ0n) is 13.1. The third kappa shape index (κ3) is 5.19. The summed E-state index contributed by atoms with van der Waals surface area (Å²) in [7, 11) is 1.30. The van der Waals surface area contributed by atoms with Crippen LogP contribution in [0.3, 0.4) is 0 Å². The summed E-state index contributed by atoms with van der Waals surface area (Å²) in [4.78, 5) is 25.5. The summed E-state index contributed by atoms with van der Waals surface area (Å²) in [5, 5.41) is 0. The van der Waals surface area contributed by atoms with Crippen LogP contribution in [0.4, 0.5) is 0 Å². The molecule has 0 saturated carbocycles. The molecule has 0 aliphatic heterocycles. The lowest BCUT2D eigenvalue weighted by atomic mass is 9.86. The minimum atomic E-state index is -0.675. The minimum absolute atomic E-state index is 0.103. The van der Waals surface area contributed by atoms with Crippen molar-refractivity contribution in [1.82, 2.24) is 4.90 Å². The van der Waals surface area contributed by atoms with E-state index in [4.69, 9.17) is 5.73 Å². The fourth-order valence-corrected chi connectivity index (χ4v) is 1.80. The van der Waals surface area contributed by atoms with Gasteiger partial charge in [-0.3, -0.25) is 9.59 Å². The predicted molar refractivity (Wildman–Crippen MR) is 81.3 cm³/mol. The lowest BCUT2D eigenvalue weighted by Crippen LogP contribution is -2.51. The molecule has 0 aliphatic carbocycles. The minimum Gasteiger partial charge on any atom is -0.468 e. The maximum atomic E-state index is 12.5. The molecule has 1 atom stereocenters. The van der Waals surface area contributed by atoms with Gasteiger partial charge in [0, 0.05) is 6.54 Å². The Morgan fingerprint density at radius 2 is 1.81 bits per heavy atom. The van der Waals surface area contributed by atoms with Crippen LogP contribution in [0.1, 0.15) is 26.3 Å². The van der Waals surface area contributed by atoms with Crippen molar-refractivity contribution >= 4 is 11.9 Å². The molecule has 0 spiro atoms. The van der Waals surface area contributed by atoms with E-state index in [2.05, 4.69) is 4.74 Å². The predicted octanol–water partition coefficient (Wildman–Crippen LogP) is 1.56. The first-order chi connectivity index (χ1) is 9.75. The molecular formula is C16H24N2O3. The molecule has 21 heavy (non-hydrogen) atoms. The van der Waals surface area contributed by atoms with Crippen LogP contribution in [0.5, 0.6) is 0 Å². The molecule has 1 unspecified atom stereocenters. The van der Waals surface area contributed by atoms with Crippen LogP contribution in [0.2, 0.25) is 0 Å². The molecule has 5 heteroatoms.